The molecule has 5 nitrogen and oxygen atoms in total. The number of hydrogen-bond acceptors (Lipinski definition) is 3. The molecule has 5 heteroatoms. The maximum Gasteiger partial charge on any atom is 0.312 e. The van der Waals surface area contributed by atoms with E-state index in [0.29, 0.717) is 18.8 Å². The monoisotopic (exact) mass is 291 g/mol. The third kappa shape index (κ3) is 3.82. The van der Waals surface area contributed by atoms with E-state index >= 15 is 0 Å². The number of carboxylic acids is 1. The Labute approximate surface area is 124 Å². The van der Waals surface area contributed by atoms with Gasteiger partial charge in [-0.2, -0.15) is 0 Å². The number of hydrogen-bond donors (Lipinski definition) is 2. The minimum absolute atomic E-state index is 0.0910. The molecule has 1 aromatic rings. The van der Waals surface area contributed by atoms with Gasteiger partial charge >= 0.3 is 5.97 Å². The van der Waals surface area contributed by atoms with E-state index in [9.17, 15) is 14.7 Å². The fourth-order valence-corrected chi connectivity index (χ4v) is 2.55. The zero-order chi connectivity index (χ0) is 15.3. The molecule has 1 heterocycles. The normalized spacial score (nSPS) is 23.3. The molecule has 2 unspecified atom stereocenters. The van der Waals surface area contributed by atoms with Crippen LogP contribution in [-0.4, -0.2) is 36.7 Å². The maximum atomic E-state index is 12.3. The molecule has 0 spiro atoms. The van der Waals surface area contributed by atoms with E-state index in [2.05, 4.69) is 5.32 Å². The Balaban J connectivity index is 1.99. The fraction of sp³-hybridized carbons (Fsp3) is 0.500. The van der Waals surface area contributed by atoms with Crippen molar-refractivity contribution >= 4 is 11.9 Å². The lowest BCUT2D eigenvalue weighted by Crippen LogP contribution is -2.46. The average Bonchev–Trinajstić information content (AvgIpc) is 2.48. The summed E-state index contributed by atoms with van der Waals surface area (Å²) in [5, 5.41) is 12.1. The number of carboxylic acid groups (broad SMARTS) is 1. The van der Waals surface area contributed by atoms with Crippen molar-refractivity contribution in [2.75, 3.05) is 19.8 Å². The SMILES string of the molecule is CC1(C(=O)NCC(C(=O)O)c2ccccc2)CCCOC1. The highest BCUT2D eigenvalue weighted by atomic mass is 16.5. The van der Waals surface area contributed by atoms with Gasteiger partial charge < -0.3 is 15.2 Å². The van der Waals surface area contributed by atoms with Gasteiger partial charge in [0.1, 0.15) is 0 Å². The second-order valence-corrected chi connectivity index (χ2v) is 5.73. The van der Waals surface area contributed by atoms with Crippen molar-refractivity contribution < 1.29 is 19.4 Å². The summed E-state index contributed by atoms with van der Waals surface area (Å²) in [7, 11) is 0. The molecule has 1 aliphatic heterocycles. The molecule has 1 fully saturated rings. The first-order valence-electron chi connectivity index (χ1n) is 7.17. The lowest BCUT2D eigenvalue weighted by Gasteiger charge is -2.32. The average molecular weight is 291 g/mol. The minimum Gasteiger partial charge on any atom is -0.481 e. The van der Waals surface area contributed by atoms with Gasteiger partial charge in [-0.05, 0) is 25.3 Å². The Hall–Kier alpha value is -1.88. The molecule has 2 atom stereocenters. The summed E-state index contributed by atoms with van der Waals surface area (Å²) in [6.07, 6.45) is 1.62. The molecular formula is C16H21NO4. The van der Waals surface area contributed by atoms with Crippen molar-refractivity contribution in [2.24, 2.45) is 5.41 Å². The molecule has 0 saturated carbocycles. The second-order valence-electron chi connectivity index (χ2n) is 5.73. The number of carbonyl (C=O) groups excluding carboxylic acids is 1. The Bertz CT molecular complexity index is 494. The van der Waals surface area contributed by atoms with Gasteiger partial charge in [-0.25, -0.2) is 0 Å². The zero-order valence-corrected chi connectivity index (χ0v) is 12.2. The van der Waals surface area contributed by atoms with Crippen LogP contribution < -0.4 is 5.32 Å². The van der Waals surface area contributed by atoms with Crippen molar-refractivity contribution in [1.29, 1.82) is 0 Å². The van der Waals surface area contributed by atoms with Crippen molar-refractivity contribution in [3.63, 3.8) is 0 Å². The molecule has 1 aromatic carbocycles. The van der Waals surface area contributed by atoms with Gasteiger partial charge in [0.05, 0.1) is 17.9 Å². The first-order valence-corrected chi connectivity index (χ1v) is 7.17. The largest absolute Gasteiger partial charge is 0.481 e. The summed E-state index contributed by atoms with van der Waals surface area (Å²) >= 11 is 0. The predicted octanol–water partition coefficient (Wildman–Crippen LogP) is 1.79. The lowest BCUT2D eigenvalue weighted by atomic mass is 9.83. The molecule has 1 amide bonds. The molecule has 0 radical (unpaired) electrons. The van der Waals surface area contributed by atoms with E-state index in [1.807, 2.05) is 13.0 Å². The van der Waals surface area contributed by atoms with Crippen LogP contribution in [-0.2, 0) is 14.3 Å². The van der Waals surface area contributed by atoms with E-state index in [1.54, 1.807) is 24.3 Å². The van der Waals surface area contributed by atoms with Crippen molar-refractivity contribution in [3.05, 3.63) is 35.9 Å². The molecule has 2 rings (SSSR count). The van der Waals surface area contributed by atoms with E-state index < -0.39 is 17.3 Å². The molecule has 1 saturated heterocycles. The van der Waals surface area contributed by atoms with Crippen molar-refractivity contribution in [2.45, 2.75) is 25.7 Å². The highest BCUT2D eigenvalue weighted by Crippen LogP contribution is 2.28. The highest BCUT2D eigenvalue weighted by molar-refractivity contribution is 5.84. The highest BCUT2D eigenvalue weighted by Gasteiger charge is 2.36. The zero-order valence-electron chi connectivity index (χ0n) is 12.2. The Morgan fingerprint density at radius 1 is 1.38 bits per heavy atom. The summed E-state index contributed by atoms with van der Waals surface area (Å²) in [5.41, 5.74) is 0.133. The minimum atomic E-state index is -0.938. The van der Waals surface area contributed by atoms with E-state index in [1.165, 1.54) is 0 Å². The molecule has 2 N–H and O–H groups in total. The third-order valence-corrected chi connectivity index (χ3v) is 3.95. The number of carbonyl (C=O) groups is 2. The summed E-state index contributed by atoms with van der Waals surface area (Å²) in [6.45, 7) is 3.03. The van der Waals surface area contributed by atoms with E-state index in [4.69, 9.17) is 4.74 Å². The number of ether oxygens (including phenoxy) is 1. The van der Waals surface area contributed by atoms with E-state index in [-0.39, 0.29) is 12.5 Å². The topological polar surface area (TPSA) is 75.6 Å². The summed E-state index contributed by atoms with van der Waals surface area (Å²) in [5.74, 6) is -1.81. The van der Waals surface area contributed by atoms with Gasteiger partial charge in [-0.3, -0.25) is 9.59 Å². The van der Waals surface area contributed by atoms with Gasteiger partial charge in [0.2, 0.25) is 5.91 Å². The molecule has 0 bridgehead atoms. The summed E-state index contributed by atoms with van der Waals surface area (Å²) < 4.78 is 5.37. The predicted molar refractivity (Wildman–Crippen MR) is 78.0 cm³/mol. The van der Waals surface area contributed by atoms with Crippen LogP contribution in [0.5, 0.6) is 0 Å². The molecular weight excluding hydrogens is 270 g/mol. The van der Waals surface area contributed by atoms with Gasteiger partial charge in [0.25, 0.3) is 0 Å². The molecule has 1 aliphatic rings. The molecule has 21 heavy (non-hydrogen) atoms. The van der Waals surface area contributed by atoms with Gasteiger partial charge in [-0.1, -0.05) is 30.3 Å². The first-order chi connectivity index (χ1) is 10.0. The maximum absolute atomic E-state index is 12.3. The van der Waals surface area contributed by atoms with Gasteiger partial charge in [0.15, 0.2) is 0 Å². The third-order valence-electron chi connectivity index (χ3n) is 3.95. The molecule has 0 aromatic heterocycles. The van der Waals surface area contributed by atoms with Crippen LogP contribution in [0.4, 0.5) is 0 Å². The van der Waals surface area contributed by atoms with Crippen LogP contribution >= 0.6 is 0 Å². The van der Waals surface area contributed by atoms with Crippen molar-refractivity contribution in [3.8, 4) is 0 Å². The number of aliphatic carboxylic acids is 1. The van der Waals surface area contributed by atoms with Crippen LogP contribution in [0.3, 0.4) is 0 Å². The Kier molecular flexibility index (Phi) is 4.96. The van der Waals surface area contributed by atoms with Crippen LogP contribution in [0.1, 0.15) is 31.2 Å². The Morgan fingerprint density at radius 2 is 2.10 bits per heavy atom. The quantitative estimate of drug-likeness (QED) is 0.867. The second kappa shape index (κ2) is 6.72. The number of amides is 1. The van der Waals surface area contributed by atoms with Crippen LogP contribution in [0.2, 0.25) is 0 Å². The Morgan fingerprint density at radius 3 is 2.67 bits per heavy atom. The standard InChI is InChI=1S/C16H21NO4/c1-16(8-5-9-21-11-16)15(20)17-10-13(14(18)19)12-6-3-2-4-7-12/h2-4,6-7,13H,5,8-11H2,1H3,(H,17,20)(H,18,19). The van der Waals surface area contributed by atoms with Crippen LogP contribution in [0.25, 0.3) is 0 Å². The van der Waals surface area contributed by atoms with E-state index in [0.717, 1.165) is 12.8 Å². The molecule has 0 aliphatic carbocycles. The van der Waals surface area contributed by atoms with Gasteiger partial charge in [0, 0.05) is 13.2 Å². The lowest BCUT2D eigenvalue weighted by molar-refractivity contribution is -0.140. The van der Waals surface area contributed by atoms with Crippen LogP contribution in [0.15, 0.2) is 30.3 Å². The number of rotatable bonds is 5. The van der Waals surface area contributed by atoms with Crippen molar-refractivity contribution in [1.82, 2.24) is 5.32 Å². The smallest absolute Gasteiger partial charge is 0.312 e. The summed E-state index contributed by atoms with van der Waals surface area (Å²) in [6, 6.07) is 8.95. The number of benzene rings is 1. The number of nitrogens with one attached hydrogen (secondary N) is 1. The van der Waals surface area contributed by atoms with Crippen LogP contribution in [0, 0.1) is 5.41 Å². The molecule has 114 valence electrons. The van der Waals surface area contributed by atoms with Gasteiger partial charge in [-0.15, -0.1) is 0 Å². The first kappa shape index (κ1) is 15.5. The fourth-order valence-electron chi connectivity index (χ4n) is 2.55. The summed E-state index contributed by atoms with van der Waals surface area (Å²) in [4.78, 5) is 23.7.